The Labute approximate surface area is 189 Å². The molecule has 0 unspecified atom stereocenters. The predicted octanol–water partition coefficient (Wildman–Crippen LogP) is 2.09. The van der Waals surface area contributed by atoms with E-state index in [0.29, 0.717) is 47.5 Å². The topological polar surface area (TPSA) is 105 Å². The number of morpholine rings is 1. The Morgan fingerprint density at radius 1 is 1.23 bits per heavy atom. The fourth-order valence-corrected chi connectivity index (χ4v) is 5.55. The molecule has 1 atom stereocenters. The molecule has 0 saturated carbocycles. The van der Waals surface area contributed by atoms with Crippen molar-refractivity contribution in [2.24, 2.45) is 0 Å². The standard InChI is InChI=1S/C20H20ClN3O5S2/c21-15-4-2-1-3-13(15)12-22-31(27,28)14-5-6-17-16(11-14)23-19(25)18(30-17)20(26)24-7-9-29-10-8-24/h1-6,11,18,22H,7-10,12H2,(H,23,25)/t18-/m1/s1. The second kappa shape index (κ2) is 9.17. The van der Waals surface area contributed by atoms with Crippen LogP contribution in [0.3, 0.4) is 0 Å². The van der Waals surface area contributed by atoms with Gasteiger partial charge in [-0.3, -0.25) is 9.59 Å². The van der Waals surface area contributed by atoms with Gasteiger partial charge in [-0.1, -0.05) is 29.8 Å². The SMILES string of the molecule is O=C1Nc2cc(S(=O)(=O)NCc3ccccc3Cl)ccc2S[C@H]1C(=O)N1CCOCC1. The average molecular weight is 482 g/mol. The molecule has 8 nitrogen and oxygen atoms in total. The van der Waals surface area contributed by atoms with Crippen LogP contribution in [0.5, 0.6) is 0 Å². The van der Waals surface area contributed by atoms with Gasteiger partial charge in [-0.2, -0.15) is 0 Å². The Kier molecular flexibility index (Phi) is 6.54. The molecule has 4 rings (SSSR count). The molecule has 0 aromatic heterocycles. The smallest absolute Gasteiger partial charge is 0.247 e. The highest BCUT2D eigenvalue weighted by atomic mass is 35.5. The summed E-state index contributed by atoms with van der Waals surface area (Å²) in [6, 6.07) is 11.4. The maximum atomic E-state index is 12.7. The molecule has 31 heavy (non-hydrogen) atoms. The van der Waals surface area contributed by atoms with Crippen LogP contribution >= 0.6 is 23.4 Å². The van der Waals surface area contributed by atoms with E-state index in [1.807, 2.05) is 0 Å². The van der Waals surface area contributed by atoms with Gasteiger partial charge in [0.05, 0.1) is 23.8 Å². The number of benzene rings is 2. The second-order valence-corrected chi connectivity index (χ2v) is 10.3. The number of nitrogens with zero attached hydrogens (tertiary/aromatic N) is 1. The highest BCUT2D eigenvalue weighted by Crippen LogP contribution is 2.37. The number of amides is 2. The summed E-state index contributed by atoms with van der Waals surface area (Å²) in [7, 11) is -3.83. The molecule has 2 amide bonds. The number of hydrogen-bond acceptors (Lipinski definition) is 6. The van der Waals surface area contributed by atoms with Crippen LogP contribution in [0.2, 0.25) is 5.02 Å². The van der Waals surface area contributed by atoms with E-state index in [1.54, 1.807) is 35.2 Å². The number of sulfonamides is 1. The average Bonchev–Trinajstić information content (AvgIpc) is 2.78. The number of hydrogen-bond donors (Lipinski definition) is 2. The lowest BCUT2D eigenvalue weighted by molar-refractivity contribution is -0.137. The van der Waals surface area contributed by atoms with Crippen molar-refractivity contribution in [3.63, 3.8) is 0 Å². The van der Waals surface area contributed by atoms with Crippen LogP contribution in [0.25, 0.3) is 0 Å². The molecule has 0 aliphatic carbocycles. The van der Waals surface area contributed by atoms with Gasteiger partial charge in [0.1, 0.15) is 0 Å². The predicted molar refractivity (Wildman–Crippen MR) is 118 cm³/mol. The van der Waals surface area contributed by atoms with Gasteiger partial charge in [-0.05, 0) is 29.8 Å². The van der Waals surface area contributed by atoms with E-state index < -0.39 is 21.2 Å². The molecule has 2 aromatic rings. The molecule has 2 aliphatic heterocycles. The Balaban J connectivity index is 1.49. The van der Waals surface area contributed by atoms with E-state index in [1.165, 1.54) is 12.1 Å². The van der Waals surface area contributed by atoms with Crippen LogP contribution in [0.15, 0.2) is 52.3 Å². The number of thioether (sulfide) groups is 1. The van der Waals surface area contributed by atoms with Gasteiger partial charge in [0.25, 0.3) is 0 Å². The first kappa shape index (κ1) is 22.1. The third kappa shape index (κ3) is 4.88. The van der Waals surface area contributed by atoms with Crippen molar-refractivity contribution in [1.29, 1.82) is 0 Å². The van der Waals surface area contributed by atoms with E-state index in [2.05, 4.69) is 10.0 Å². The summed E-state index contributed by atoms with van der Waals surface area (Å²) in [5.41, 5.74) is 1.01. The Morgan fingerprint density at radius 3 is 2.71 bits per heavy atom. The molecule has 11 heteroatoms. The van der Waals surface area contributed by atoms with Gasteiger partial charge in [0, 0.05) is 29.6 Å². The molecule has 0 radical (unpaired) electrons. The van der Waals surface area contributed by atoms with E-state index in [9.17, 15) is 18.0 Å². The molecule has 1 fully saturated rings. The highest BCUT2D eigenvalue weighted by molar-refractivity contribution is 8.01. The largest absolute Gasteiger partial charge is 0.378 e. The summed E-state index contributed by atoms with van der Waals surface area (Å²) in [5.74, 6) is -0.734. The molecular weight excluding hydrogens is 462 g/mol. The molecule has 2 aliphatic rings. The lowest BCUT2D eigenvalue weighted by Gasteiger charge is -2.31. The Hall–Kier alpha value is -2.11. The fraction of sp³-hybridized carbons (Fsp3) is 0.300. The van der Waals surface area contributed by atoms with Gasteiger partial charge < -0.3 is 15.0 Å². The van der Waals surface area contributed by atoms with E-state index >= 15 is 0 Å². The number of nitrogens with one attached hydrogen (secondary N) is 2. The van der Waals surface area contributed by atoms with Crippen molar-refractivity contribution in [3.05, 3.63) is 53.1 Å². The van der Waals surface area contributed by atoms with Crippen molar-refractivity contribution in [2.75, 3.05) is 31.6 Å². The number of fused-ring (bicyclic) bond motifs is 1. The maximum Gasteiger partial charge on any atom is 0.247 e. The maximum absolute atomic E-state index is 12.7. The third-order valence-electron chi connectivity index (χ3n) is 4.96. The van der Waals surface area contributed by atoms with Gasteiger partial charge in [-0.25, -0.2) is 13.1 Å². The molecule has 2 aromatic carbocycles. The quantitative estimate of drug-likeness (QED) is 0.634. The lowest BCUT2D eigenvalue weighted by Crippen LogP contribution is -2.49. The normalized spacial score (nSPS) is 18.9. The minimum atomic E-state index is -3.83. The first-order valence-electron chi connectivity index (χ1n) is 9.56. The number of anilines is 1. The minimum absolute atomic E-state index is 0.0113. The molecular formula is C20H20ClN3O5S2. The van der Waals surface area contributed by atoms with E-state index in [4.69, 9.17) is 16.3 Å². The zero-order valence-corrected chi connectivity index (χ0v) is 18.7. The van der Waals surface area contributed by atoms with E-state index in [0.717, 1.165) is 11.8 Å². The minimum Gasteiger partial charge on any atom is -0.378 e. The number of ether oxygens (including phenoxy) is 1. The van der Waals surface area contributed by atoms with Crippen molar-refractivity contribution >= 4 is 50.9 Å². The van der Waals surface area contributed by atoms with Crippen molar-refractivity contribution < 1.29 is 22.7 Å². The summed E-state index contributed by atoms with van der Waals surface area (Å²) >= 11 is 7.20. The van der Waals surface area contributed by atoms with E-state index in [-0.39, 0.29) is 17.3 Å². The Morgan fingerprint density at radius 2 is 1.97 bits per heavy atom. The highest BCUT2D eigenvalue weighted by Gasteiger charge is 2.36. The zero-order valence-electron chi connectivity index (χ0n) is 16.3. The van der Waals surface area contributed by atoms with Crippen LogP contribution in [0, 0.1) is 0 Å². The molecule has 2 heterocycles. The molecule has 0 bridgehead atoms. The van der Waals surface area contributed by atoms with Gasteiger partial charge >= 0.3 is 0 Å². The summed E-state index contributed by atoms with van der Waals surface area (Å²) in [6.07, 6.45) is 0. The van der Waals surface area contributed by atoms with Crippen LogP contribution in [-0.2, 0) is 30.9 Å². The lowest BCUT2D eigenvalue weighted by atomic mass is 10.2. The summed E-state index contributed by atoms with van der Waals surface area (Å²) in [4.78, 5) is 27.5. The van der Waals surface area contributed by atoms with Crippen molar-refractivity contribution in [1.82, 2.24) is 9.62 Å². The molecule has 164 valence electrons. The van der Waals surface area contributed by atoms with Crippen LogP contribution in [0.1, 0.15) is 5.56 Å². The van der Waals surface area contributed by atoms with Crippen LogP contribution < -0.4 is 10.0 Å². The zero-order chi connectivity index (χ0) is 22.0. The second-order valence-electron chi connectivity index (χ2n) is 7.00. The Bertz CT molecular complexity index is 1120. The molecule has 0 spiro atoms. The molecule has 2 N–H and O–H groups in total. The van der Waals surface area contributed by atoms with Gasteiger partial charge in [0.15, 0.2) is 5.25 Å². The van der Waals surface area contributed by atoms with Gasteiger partial charge in [0.2, 0.25) is 21.8 Å². The van der Waals surface area contributed by atoms with Crippen molar-refractivity contribution in [3.8, 4) is 0 Å². The van der Waals surface area contributed by atoms with Crippen LogP contribution in [-0.4, -0.2) is 56.7 Å². The molecule has 1 saturated heterocycles. The first-order chi connectivity index (χ1) is 14.8. The summed E-state index contributed by atoms with van der Waals surface area (Å²) in [6.45, 7) is 1.83. The fourth-order valence-electron chi connectivity index (χ4n) is 3.27. The summed E-state index contributed by atoms with van der Waals surface area (Å²) in [5, 5.41) is 2.23. The number of halogens is 1. The third-order valence-corrected chi connectivity index (χ3v) is 7.99. The summed E-state index contributed by atoms with van der Waals surface area (Å²) < 4.78 is 33.2. The first-order valence-corrected chi connectivity index (χ1v) is 12.3. The monoisotopic (exact) mass is 481 g/mol. The van der Waals surface area contributed by atoms with Crippen LogP contribution in [0.4, 0.5) is 5.69 Å². The number of carbonyl (C=O) groups excluding carboxylic acids is 2. The number of rotatable bonds is 5. The van der Waals surface area contributed by atoms with Gasteiger partial charge in [-0.15, -0.1) is 11.8 Å². The van der Waals surface area contributed by atoms with Crippen molar-refractivity contribution in [2.45, 2.75) is 21.6 Å². The number of carbonyl (C=O) groups is 2.